The van der Waals surface area contributed by atoms with Crippen molar-refractivity contribution in [3.05, 3.63) is 82.3 Å². The molecule has 1 aromatic heterocycles. The molecular weight excluding hydrogens is 367 g/mol. The first-order valence-electron chi connectivity index (χ1n) is 9.65. The molecule has 0 aliphatic heterocycles. The van der Waals surface area contributed by atoms with Gasteiger partial charge in [0, 0.05) is 20.2 Å². The van der Waals surface area contributed by atoms with Gasteiger partial charge in [0.15, 0.2) is 5.43 Å². The third-order valence-corrected chi connectivity index (χ3v) is 6.56. The Morgan fingerprint density at radius 3 is 2.39 bits per heavy atom. The van der Waals surface area contributed by atoms with E-state index in [1.165, 1.54) is 52.6 Å². The standard InChI is InChI=1S/C25H19FOS/c1-2-3-4-15-5-6-16-10-19-13-24-21(12-18(19)11-17(16)9-15)25(27)22-14-20(26)7-8-23(22)28-24/h5-14H,2-4H2,1H3. The smallest absolute Gasteiger partial charge is 0.195 e. The topological polar surface area (TPSA) is 17.1 Å². The second kappa shape index (κ2) is 6.68. The molecule has 0 saturated carbocycles. The molecule has 3 heteroatoms. The van der Waals surface area contributed by atoms with Crippen molar-refractivity contribution in [3.8, 4) is 0 Å². The second-order valence-electron chi connectivity index (χ2n) is 7.40. The zero-order valence-electron chi connectivity index (χ0n) is 15.6. The summed E-state index contributed by atoms with van der Waals surface area (Å²) in [5.41, 5.74) is 1.25. The van der Waals surface area contributed by atoms with Crippen LogP contribution >= 0.6 is 11.3 Å². The van der Waals surface area contributed by atoms with Crippen molar-refractivity contribution in [3.63, 3.8) is 0 Å². The highest BCUT2D eigenvalue weighted by molar-refractivity contribution is 7.24. The Kier molecular flexibility index (Phi) is 4.13. The van der Waals surface area contributed by atoms with Crippen LogP contribution in [0.2, 0.25) is 0 Å². The lowest BCUT2D eigenvalue weighted by Gasteiger charge is -2.08. The van der Waals surface area contributed by atoms with E-state index in [0.29, 0.717) is 10.8 Å². The Balaban J connectivity index is 1.78. The van der Waals surface area contributed by atoms with Crippen LogP contribution in [0, 0.1) is 5.82 Å². The lowest BCUT2D eigenvalue weighted by atomic mass is 9.99. The van der Waals surface area contributed by atoms with Crippen LogP contribution in [0.1, 0.15) is 25.3 Å². The van der Waals surface area contributed by atoms with Crippen molar-refractivity contribution >= 4 is 53.1 Å². The Morgan fingerprint density at radius 1 is 0.786 bits per heavy atom. The van der Waals surface area contributed by atoms with Crippen molar-refractivity contribution in [2.75, 3.05) is 0 Å². The van der Waals surface area contributed by atoms with E-state index in [0.717, 1.165) is 26.6 Å². The van der Waals surface area contributed by atoms with Crippen LogP contribution in [0.15, 0.2) is 65.5 Å². The van der Waals surface area contributed by atoms with Crippen LogP contribution in [0.3, 0.4) is 0 Å². The molecule has 0 atom stereocenters. The summed E-state index contributed by atoms with van der Waals surface area (Å²) in [6.45, 7) is 2.21. The number of hydrogen-bond acceptors (Lipinski definition) is 2. The molecule has 0 saturated heterocycles. The first-order chi connectivity index (χ1) is 13.6. The highest BCUT2D eigenvalue weighted by atomic mass is 32.1. The SMILES string of the molecule is CCCCc1ccc2cc3cc4sc5ccc(F)cc5c(=O)c4cc3cc2c1. The summed E-state index contributed by atoms with van der Waals surface area (Å²) < 4.78 is 15.4. The predicted molar refractivity (Wildman–Crippen MR) is 119 cm³/mol. The van der Waals surface area contributed by atoms with Crippen molar-refractivity contribution in [2.45, 2.75) is 26.2 Å². The van der Waals surface area contributed by atoms with E-state index >= 15 is 0 Å². The van der Waals surface area contributed by atoms with Gasteiger partial charge >= 0.3 is 0 Å². The van der Waals surface area contributed by atoms with Crippen LogP contribution in [-0.4, -0.2) is 0 Å². The number of unbranched alkanes of at least 4 members (excludes halogenated alkanes) is 1. The molecule has 0 amide bonds. The fraction of sp³-hybridized carbons (Fsp3) is 0.160. The van der Waals surface area contributed by atoms with E-state index in [1.807, 2.05) is 6.07 Å². The Morgan fingerprint density at radius 2 is 1.54 bits per heavy atom. The minimum atomic E-state index is -0.373. The number of rotatable bonds is 3. The number of hydrogen-bond donors (Lipinski definition) is 0. The molecule has 5 rings (SSSR count). The summed E-state index contributed by atoms with van der Waals surface area (Å²) in [6, 6.07) is 19.5. The highest BCUT2D eigenvalue weighted by Gasteiger charge is 2.09. The van der Waals surface area contributed by atoms with E-state index in [4.69, 9.17) is 0 Å². The summed E-state index contributed by atoms with van der Waals surface area (Å²) in [7, 11) is 0. The summed E-state index contributed by atoms with van der Waals surface area (Å²) in [4.78, 5) is 13.0. The molecule has 4 aromatic carbocycles. The van der Waals surface area contributed by atoms with Crippen LogP contribution in [0.25, 0.3) is 41.7 Å². The Labute approximate surface area is 166 Å². The zero-order valence-corrected chi connectivity index (χ0v) is 16.4. The van der Waals surface area contributed by atoms with Gasteiger partial charge in [-0.3, -0.25) is 4.79 Å². The molecule has 1 nitrogen and oxygen atoms in total. The van der Waals surface area contributed by atoms with Gasteiger partial charge in [-0.05, 0) is 82.4 Å². The fourth-order valence-electron chi connectivity index (χ4n) is 3.91. The first-order valence-corrected chi connectivity index (χ1v) is 10.5. The largest absolute Gasteiger partial charge is 0.289 e. The second-order valence-corrected chi connectivity index (χ2v) is 8.49. The van der Waals surface area contributed by atoms with Gasteiger partial charge in [-0.25, -0.2) is 4.39 Å². The van der Waals surface area contributed by atoms with Gasteiger partial charge < -0.3 is 0 Å². The highest BCUT2D eigenvalue weighted by Crippen LogP contribution is 2.31. The molecule has 0 N–H and O–H groups in total. The molecule has 28 heavy (non-hydrogen) atoms. The van der Waals surface area contributed by atoms with Crippen molar-refractivity contribution < 1.29 is 4.39 Å². The monoisotopic (exact) mass is 386 g/mol. The minimum Gasteiger partial charge on any atom is -0.289 e. The van der Waals surface area contributed by atoms with E-state index in [-0.39, 0.29) is 11.2 Å². The van der Waals surface area contributed by atoms with Gasteiger partial charge in [0.2, 0.25) is 0 Å². The summed E-state index contributed by atoms with van der Waals surface area (Å²) in [6.07, 6.45) is 3.46. The molecular formula is C25H19FOS. The van der Waals surface area contributed by atoms with Crippen LogP contribution in [0.5, 0.6) is 0 Å². The van der Waals surface area contributed by atoms with Gasteiger partial charge in [0.05, 0.1) is 0 Å². The van der Waals surface area contributed by atoms with Crippen molar-refractivity contribution in [1.82, 2.24) is 0 Å². The van der Waals surface area contributed by atoms with E-state index < -0.39 is 0 Å². The van der Waals surface area contributed by atoms with Crippen molar-refractivity contribution in [2.24, 2.45) is 0 Å². The number of aryl methyl sites for hydroxylation is 1. The van der Waals surface area contributed by atoms with E-state index in [1.54, 1.807) is 6.07 Å². The third-order valence-electron chi connectivity index (χ3n) is 5.43. The molecule has 5 aromatic rings. The molecule has 0 unspecified atom stereocenters. The van der Waals surface area contributed by atoms with Gasteiger partial charge in [-0.15, -0.1) is 11.3 Å². The van der Waals surface area contributed by atoms with E-state index in [9.17, 15) is 9.18 Å². The van der Waals surface area contributed by atoms with Gasteiger partial charge in [-0.1, -0.05) is 31.5 Å². The molecule has 0 fully saturated rings. The van der Waals surface area contributed by atoms with Gasteiger partial charge in [-0.2, -0.15) is 0 Å². The third kappa shape index (κ3) is 2.87. The number of halogens is 1. The Hall–Kier alpha value is -2.78. The minimum absolute atomic E-state index is 0.0954. The molecule has 0 aliphatic rings. The maximum absolute atomic E-state index is 13.6. The van der Waals surface area contributed by atoms with Gasteiger partial charge in [0.25, 0.3) is 0 Å². The fourth-order valence-corrected chi connectivity index (χ4v) is 4.99. The summed E-state index contributed by atoms with van der Waals surface area (Å²) >= 11 is 1.54. The lowest BCUT2D eigenvalue weighted by molar-refractivity contribution is 0.630. The maximum atomic E-state index is 13.6. The average molecular weight is 386 g/mol. The Bertz CT molecular complexity index is 1430. The van der Waals surface area contributed by atoms with Crippen LogP contribution in [0.4, 0.5) is 4.39 Å². The van der Waals surface area contributed by atoms with Crippen molar-refractivity contribution in [1.29, 1.82) is 0 Å². The summed E-state index contributed by atoms with van der Waals surface area (Å²) in [5, 5.41) is 5.70. The van der Waals surface area contributed by atoms with Crippen LogP contribution < -0.4 is 5.43 Å². The molecule has 0 radical (unpaired) electrons. The average Bonchev–Trinajstić information content (AvgIpc) is 2.70. The van der Waals surface area contributed by atoms with Crippen LogP contribution in [-0.2, 0) is 6.42 Å². The molecule has 138 valence electrons. The van der Waals surface area contributed by atoms with Gasteiger partial charge in [0.1, 0.15) is 5.82 Å². The number of fused-ring (bicyclic) bond motifs is 4. The summed E-state index contributed by atoms with van der Waals surface area (Å²) in [5.74, 6) is -0.373. The number of benzene rings is 4. The van der Waals surface area contributed by atoms with E-state index in [2.05, 4.69) is 43.3 Å². The maximum Gasteiger partial charge on any atom is 0.195 e. The normalized spacial score (nSPS) is 11.8. The molecule has 1 heterocycles. The molecule has 0 aliphatic carbocycles. The lowest BCUT2D eigenvalue weighted by Crippen LogP contribution is -2.01. The molecule has 0 bridgehead atoms. The predicted octanol–water partition coefficient (Wildman–Crippen LogP) is 7.20. The molecule has 0 spiro atoms. The first kappa shape index (κ1) is 17.3. The quantitative estimate of drug-likeness (QED) is 0.300. The zero-order chi connectivity index (χ0) is 19.3.